The topological polar surface area (TPSA) is 172 Å². The Hall–Kier alpha value is -1.09. The van der Waals surface area contributed by atoms with Crippen molar-refractivity contribution >= 4 is 30.9 Å². The third-order valence-electron chi connectivity index (χ3n) is 1.21. The molecule has 0 aliphatic heterocycles. The molecule has 10 nitrogen and oxygen atoms in total. The summed E-state index contributed by atoms with van der Waals surface area (Å²) in [5, 5.41) is 0. The Bertz CT molecular complexity index is 670. The zero-order valence-electron chi connectivity index (χ0n) is 8.81. The van der Waals surface area contributed by atoms with Gasteiger partial charge in [0.1, 0.15) is 0 Å². The van der Waals surface area contributed by atoms with Gasteiger partial charge in [-0.15, -0.1) is 3.63 Å². The largest absolute Gasteiger partial charge is 0.413 e. The Balaban J connectivity index is 0.000000344. The quantitative estimate of drug-likeness (QED) is 0.613. The zero-order valence-corrected chi connectivity index (χ0v) is 11.3. The molecular weight excluding hydrogens is 328 g/mol. The molecule has 0 amide bonds. The number of hydrogen-bond donors (Lipinski definition) is 3. The van der Waals surface area contributed by atoms with Gasteiger partial charge in [-0.3, -0.25) is 13.7 Å². The Labute approximate surface area is 109 Å². The smallest absolute Gasteiger partial charge is 0.282 e. The van der Waals surface area contributed by atoms with Gasteiger partial charge >= 0.3 is 20.8 Å². The molecule has 0 aliphatic carbocycles. The highest BCUT2D eigenvalue weighted by molar-refractivity contribution is 7.94. The van der Waals surface area contributed by atoms with Crippen molar-refractivity contribution in [3.05, 3.63) is 30.3 Å². The van der Waals surface area contributed by atoms with E-state index in [1.54, 1.807) is 18.2 Å². The van der Waals surface area contributed by atoms with Crippen LogP contribution in [0.1, 0.15) is 0 Å². The summed E-state index contributed by atoms with van der Waals surface area (Å²) >= 11 is 0. The second-order valence-corrected chi connectivity index (χ2v) is 6.39. The maximum Gasteiger partial charge on any atom is 0.413 e. The molecule has 0 aliphatic rings. The maximum atomic E-state index is 10.4. The van der Waals surface area contributed by atoms with Crippen LogP contribution in [0, 0.1) is 0 Å². The minimum Gasteiger partial charge on any atom is -0.282 e. The van der Waals surface area contributed by atoms with E-state index in [-0.39, 0.29) is 4.90 Å². The van der Waals surface area contributed by atoms with E-state index in [9.17, 15) is 25.3 Å². The van der Waals surface area contributed by atoms with Gasteiger partial charge < -0.3 is 0 Å². The minimum absolute atomic E-state index is 0.0741. The Morgan fingerprint density at radius 2 is 1.11 bits per heavy atom. The van der Waals surface area contributed by atoms with Crippen LogP contribution in [0.5, 0.6) is 0 Å². The summed E-state index contributed by atoms with van der Waals surface area (Å²) in [5.41, 5.74) is 0. The number of benzene rings is 1. The van der Waals surface area contributed by atoms with Crippen LogP contribution < -0.4 is 0 Å². The first-order chi connectivity index (χ1) is 8.31. The predicted octanol–water partition coefficient (Wildman–Crippen LogP) is -0.458. The lowest BCUT2D eigenvalue weighted by Crippen LogP contribution is -2.10. The average Bonchev–Trinajstić information content (AvgIpc) is 2.12. The van der Waals surface area contributed by atoms with Crippen LogP contribution in [0.15, 0.2) is 35.2 Å². The van der Waals surface area contributed by atoms with E-state index in [1.807, 2.05) is 0 Å². The molecule has 0 bridgehead atoms. The van der Waals surface area contributed by atoms with E-state index >= 15 is 0 Å². The minimum atomic E-state index is -5.12. The molecule has 0 heterocycles. The van der Waals surface area contributed by atoms with Gasteiger partial charge in [0.2, 0.25) is 0 Å². The summed E-state index contributed by atoms with van der Waals surface area (Å²) < 4.78 is 84.8. The highest BCUT2D eigenvalue weighted by atomic mass is 32.3. The molecular formula is C6H8O10S3. The second-order valence-electron chi connectivity index (χ2n) is 2.71. The van der Waals surface area contributed by atoms with Crippen molar-refractivity contribution in [2.75, 3.05) is 0 Å². The van der Waals surface area contributed by atoms with Crippen LogP contribution in [0.4, 0.5) is 0 Å². The lowest BCUT2D eigenvalue weighted by molar-refractivity contribution is 0.344. The summed E-state index contributed by atoms with van der Waals surface area (Å²) in [6, 6.07) is 7.42. The molecule has 0 saturated carbocycles. The molecule has 1 aromatic rings. The van der Waals surface area contributed by atoms with Gasteiger partial charge in [-0.25, -0.2) is 0 Å². The molecule has 0 saturated heterocycles. The fourth-order valence-corrected chi connectivity index (χ4v) is 2.07. The molecule has 0 unspecified atom stereocenters. The summed E-state index contributed by atoms with van der Waals surface area (Å²) in [6.45, 7) is 0. The molecule has 0 atom stereocenters. The number of hydrogen-bond acceptors (Lipinski definition) is 7. The molecule has 110 valence electrons. The first-order valence-electron chi connectivity index (χ1n) is 4.00. The summed E-state index contributed by atoms with van der Waals surface area (Å²) in [7, 11) is -14.2. The summed E-state index contributed by atoms with van der Waals surface area (Å²) in [5.74, 6) is 0. The molecule has 0 spiro atoms. The zero-order chi connectivity index (χ0) is 15.3. The summed E-state index contributed by atoms with van der Waals surface area (Å²) in [4.78, 5) is -0.0741. The predicted molar refractivity (Wildman–Crippen MR) is 60.4 cm³/mol. The van der Waals surface area contributed by atoms with Crippen molar-refractivity contribution < 1.29 is 42.5 Å². The molecule has 3 N–H and O–H groups in total. The third-order valence-corrected chi connectivity index (χ3v) is 3.46. The van der Waals surface area contributed by atoms with E-state index in [2.05, 4.69) is 3.63 Å². The normalized spacial score (nSPS) is 12.4. The molecule has 0 aromatic heterocycles. The van der Waals surface area contributed by atoms with E-state index in [4.69, 9.17) is 13.7 Å². The summed E-state index contributed by atoms with van der Waals surface area (Å²) in [6.07, 6.45) is 0. The van der Waals surface area contributed by atoms with Gasteiger partial charge in [-0.05, 0) is 12.1 Å². The fraction of sp³-hybridized carbons (Fsp3) is 0. The van der Waals surface area contributed by atoms with Gasteiger partial charge in [0.25, 0.3) is 10.1 Å². The van der Waals surface area contributed by atoms with Crippen LogP contribution in [0.25, 0.3) is 0 Å². The molecule has 1 rings (SSSR count). The first kappa shape index (κ1) is 17.9. The molecule has 19 heavy (non-hydrogen) atoms. The Kier molecular flexibility index (Phi) is 6.01. The second kappa shape index (κ2) is 6.38. The van der Waals surface area contributed by atoms with Gasteiger partial charge in [0.15, 0.2) is 0 Å². The van der Waals surface area contributed by atoms with E-state index in [0.717, 1.165) is 0 Å². The van der Waals surface area contributed by atoms with Crippen LogP contribution in [0.2, 0.25) is 0 Å². The SMILES string of the molecule is O=S(=O)(O)OS(=O)(=O)O.O=S(=O)(O)c1ccccc1. The fourth-order valence-electron chi connectivity index (χ4n) is 0.701. The highest BCUT2D eigenvalue weighted by Gasteiger charge is 2.15. The van der Waals surface area contributed by atoms with Crippen LogP contribution in [-0.4, -0.2) is 38.9 Å². The van der Waals surface area contributed by atoms with Gasteiger partial charge in [0.05, 0.1) is 4.90 Å². The van der Waals surface area contributed by atoms with E-state index in [1.165, 1.54) is 12.1 Å². The third kappa shape index (κ3) is 10.5. The lowest BCUT2D eigenvalue weighted by atomic mass is 10.4. The maximum absolute atomic E-state index is 10.4. The highest BCUT2D eigenvalue weighted by Crippen LogP contribution is 2.05. The van der Waals surface area contributed by atoms with Crippen LogP contribution in [0.3, 0.4) is 0 Å². The standard InChI is InChI=1S/C6H6O3S.H2O7S2/c7-10(8,9)6-4-2-1-3-5-6;1-8(2,3)7-9(4,5)6/h1-5H,(H,7,8,9);(H,1,2,3)(H,4,5,6). The van der Waals surface area contributed by atoms with E-state index in [0.29, 0.717) is 0 Å². The van der Waals surface area contributed by atoms with Crippen LogP contribution >= 0.6 is 0 Å². The van der Waals surface area contributed by atoms with Gasteiger partial charge in [-0.2, -0.15) is 25.3 Å². The lowest BCUT2D eigenvalue weighted by Gasteiger charge is -1.92. The number of rotatable bonds is 3. The average molecular weight is 336 g/mol. The van der Waals surface area contributed by atoms with Crippen molar-refractivity contribution in [3.63, 3.8) is 0 Å². The monoisotopic (exact) mass is 336 g/mol. The molecule has 13 heteroatoms. The first-order valence-corrected chi connectivity index (χ1v) is 8.17. The molecule has 0 fully saturated rings. The molecule has 1 aromatic carbocycles. The Morgan fingerprint density at radius 3 is 1.26 bits per heavy atom. The van der Waals surface area contributed by atoms with Gasteiger partial charge in [0, 0.05) is 0 Å². The Morgan fingerprint density at radius 1 is 0.737 bits per heavy atom. The van der Waals surface area contributed by atoms with Crippen molar-refractivity contribution in [1.82, 2.24) is 0 Å². The van der Waals surface area contributed by atoms with Crippen molar-refractivity contribution in [2.45, 2.75) is 4.90 Å². The van der Waals surface area contributed by atoms with E-state index < -0.39 is 30.9 Å². The van der Waals surface area contributed by atoms with Crippen molar-refractivity contribution in [1.29, 1.82) is 0 Å². The van der Waals surface area contributed by atoms with Crippen LogP contribution in [-0.2, 0) is 34.5 Å². The molecule has 0 radical (unpaired) electrons. The van der Waals surface area contributed by atoms with Crippen molar-refractivity contribution in [2.24, 2.45) is 0 Å². The van der Waals surface area contributed by atoms with Crippen molar-refractivity contribution in [3.8, 4) is 0 Å². The van der Waals surface area contributed by atoms with Gasteiger partial charge in [-0.1, -0.05) is 18.2 Å².